The van der Waals surface area contributed by atoms with Crippen LogP contribution in [-0.2, 0) is 14.2 Å². The quantitative estimate of drug-likeness (QED) is 0.814. The molecule has 7 nitrogen and oxygen atoms in total. The average molecular weight is 269 g/mol. The summed E-state index contributed by atoms with van der Waals surface area (Å²) in [6.45, 7) is 5.85. The molecule has 106 valence electrons. The highest BCUT2D eigenvalue weighted by Gasteiger charge is 2.28. The van der Waals surface area contributed by atoms with E-state index in [1.165, 1.54) is 4.57 Å². The second-order valence-corrected chi connectivity index (χ2v) is 4.05. The van der Waals surface area contributed by atoms with Gasteiger partial charge in [-0.3, -0.25) is 4.57 Å². The van der Waals surface area contributed by atoms with Crippen molar-refractivity contribution in [2.75, 3.05) is 31.7 Å². The molecule has 1 saturated heterocycles. The standard InChI is InChI=1S/C12H19N3O4/c1-3-13-9-5-6-15(12(16)14-9)10-7-18-11(19-10)8-17-4-2/h5-6,10-11H,3-4,7-8H2,1-2H3,(H,13,14,16)/t10-,11-/m0/s1. The molecule has 2 rings (SSSR count). The van der Waals surface area contributed by atoms with E-state index in [0.717, 1.165) is 6.54 Å². The van der Waals surface area contributed by atoms with E-state index in [1.807, 2.05) is 13.8 Å². The zero-order chi connectivity index (χ0) is 13.7. The number of anilines is 1. The summed E-state index contributed by atoms with van der Waals surface area (Å²) in [7, 11) is 0. The first-order valence-electron chi connectivity index (χ1n) is 6.42. The van der Waals surface area contributed by atoms with Gasteiger partial charge >= 0.3 is 5.69 Å². The van der Waals surface area contributed by atoms with Crippen molar-refractivity contribution in [3.05, 3.63) is 22.7 Å². The molecule has 0 bridgehead atoms. The van der Waals surface area contributed by atoms with Gasteiger partial charge in [0.1, 0.15) is 5.82 Å². The third kappa shape index (κ3) is 3.52. The Bertz CT molecular complexity index is 463. The van der Waals surface area contributed by atoms with E-state index in [2.05, 4.69) is 10.3 Å². The van der Waals surface area contributed by atoms with Crippen LogP contribution in [0.25, 0.3) is 0 Å². The third-order valence-corrected chi connectivity index (χ3v) is 2.69. The first-order valence-corrected chi connectivity index (χ1v) is 6.42. The van der Waals surface area contributed by atoms with Crippen LogP contribution in [0.3, 0.4) is 0 Å². The molecule has 2 heterocycles. The van der Waals surface area contributed by atoms with Crippen LogP contribution in [0.15, 0.2) is 17.1 Å². The van der Waals surface area contributed by atoms with Gasteiger partial charge in [-0.25, -0.2) is 4.79 Å². The summed E-state index contributed by atoms with van der Waals surface area (Å²) >= 11 is 0. The molecule has 1 aliphatic heterocycles. The fourth-order valence-corrected chi connectivity index (χ4v) is 1.80. The molecule has 1 aromatic heterocycles. The van der Waals surface area contributed by atoms with Crippen molar-refractivity contribution in [1.82, 2.24) is 9.55 Å². The van der Waals surface area contributed by atoms with Crippen molar-refractivity contribution < 1.29 is 14.2 Å². The van der Waals surface area contributed by atoms with Gasteiger partial charge in [0.05, 0.1) is 13.2 Å². The van der Waals surface area contributed by atoms with E-state index in [0.29, 0.717) is 25.6 Å². The maximum absolute atomic E-state index is 11.9. The summed E-state index contributed by atoms with van der Waals surface area (Å²) < 4.78 is 17.6. The molecular weight excluding hydrogens is 250 g/mol. The van der Waals surface area contributed by atoms with Crippen LogP contribution >= 0.6 is 0 Å². The van der Waals surface area contributed by atoms with Crippen LogP contribution in [0.4, 0.5) is 5.82 Å². The van der Waals surface area contributed by atoms with Crippen molar-refractivity contribution in [1.29, 1.82) is 0 Å². The Morgan fingerprint density at radius 1 is 1.58 bits per heavy atom. The Balaban J connectivity index is 2.01. The van der Waals surface area contributed by atoms with Crippen molar-refractivity contribution in [3.63, 3.8) is 0 Å². The lowest BCUT2D eigenvalue weighted by Gasteiger charge is -2.13. The van der Waals surface area contributed by atoms with Crippen LogP contribution in [0.2, 0.25) is 0 Å². The van der Waals surface area contributed by atoms with Crippen LogP contribution < -0.4 is 11.0 Å². The van der Waals surface area contributed by atoms with E-state index in [-0.39, 0.29) is 5.69 Å². The van der Waals surface area contributed by atoms with Crippen molar-refractivity contribution in [2.24, 2.45) is 0 Å². The van der Waals surface area contributed by atoms with Gasteiger partial charge in [-0.15, -0.1) is 0 Å². The smallest absolute Gasteiger partial charge is 0.351 e. The predicted molar refractivity (Wildman–Crippen MR) is 69.0 cm³/mol. The lowest BCUT2D eigenvalue weighted by Crippen LogP contribution is -2.29. The Kier molecular flexibility index (Phi) is 4.89. The molecule has 1 N–H and O–H groups in total. The molecule has 0 amide bonds. The maximum atomic E-state index is 11.9. The first kappa shape index (κ1) is 14.0. The van der Waals surface area contributed by atoms with Crippen LogP contribution in [-0.4, -0.2) is 42.2 Å². The maximum Gasteiger partial charge on any atom is 0.351 e. The molecule has 19 heavy (non-hydrogen) atoms. The normalized spacial score (nSPS) is 22.6. The van der Waals surface area contributed by atoms with Crippen LogP contribution in [0.1, 0.15) is 20.1 Å². The van der Waals surface area contributed by atoms with Crippen molar-refractivity contribution >= 4 is 5.82 Å². The van der Waals surface area contributed by atoms with E-state index in [1.54, 1.807) is 12.3 Å². The molecule has 7 heteroatoms. The molecule has 0 saturated carbocycles. The molecule has 0 unspecified atom stereocenters. The number of nitrogens with zero attached hydrogens (tertiary/aromatic N) is 2. The van der Waals surface area contributed by atoms with Crippen LogP contribution in [0, 0.1) is 0 Å². The number of aromatic nitrogens is 2. The summed E-state index contributed by atoms with van der Waals surface area (Å²) in [6.07, 6.45) is 0.788. The van der Waals surface area contributed by atoms with E-state index >= 15 is 0 Å². The van der Waals surface area contributed by atoms with Crippen LogP contribution in [0.5, 0.6) is 0 Å². The highest BCUT2D eigenvalue weighted by atomic mass is 16.7. The number of ether oxygens (including phenoxy) is 3. The van der Waals surface area contributed by atoms with Crippen molar-refractivity contribution in [2.45, 2.75) is 26.4 Å². The highest BCUT2D eigenvalue weighted by Crippen LogP contribution is 2.19. The fraction of sp³-hybridized carbons (Fsp3) is 0.667. The van der Waals surface area contributed by atoms with E-state index < -0.39 is 12.5 Å². The molecule has 0 radical (unpaired) electrons. The molecule has 1 aromatic rings. The molecule has 2 atom stereocenters. The Hall–Kier alpha value is -1.44. The Labute approximate surface area is 111 Å². The lowest BCUT2D eigenvalue weighted by molar-refractivity contribution is -0.113. The summed E-state index contributed by atoms with van der Waals surface area (Å²) in [5, 5.41) is 2.99. The van der Waals surface area contributed by atoms with Gasteiger partial charge in [-0.2, -0.15) is 4.98 Å². The number of hydrogen-bond donors (Lipinski definition) is 1. The fourth-order valence-electron chi connectivity index (χ4n) is 1.80. The van der Waals surface area contributed by atoms with Gasteiger partial charge in [0.25, 0.3) is 0 Å². The van der Waals surface area contributed by atoms with Gasteiger partial charge in [0.2, 0.25) is 0 Å². The van der Waals surface area contributed by atoms with Gasteiger partial charge in [0, 0.05) is 19.3 Å². The Morgan fingerprint density at radius 3 is 3.11 bits per heavy atom. The number of nitrogens with one attached hydrogen (secondary N) is 1. The average Bonchev–Trinajstić information content (AvgIpc) is 2.85. The first-order chi connectivity index (χ1) is 9.24. The van der Waals surface area contributed by atoms with E-state index in [9.17, 15) is 4.79 Å². The molecule has 0 aliphatic carbocycles. The third-order valence-electron chi connectivity index (χ3n) is 2.69. The highest BCUT2D eigenvalue weighted by molar-refractivity contribution is 5.31. The summed E-state index contributed by atoms with van der Waals surface area (Å²) in [6, 6.07) is 1.74. The summed E-state index contributed by atoms with van der Waals surface area (Å²) in [4.78, 5) is 15.8. The minimum Gasteiger partial charge on any atom is -0.376 e. The minimum atomic E-state index is -0.443. The molecule has 0 aromatic carbocycles. The molecule has 1 aliphatic rings. The molecule has 1 fully saturated rings. The van der Waals surface area contributed by atoms with Gasteiger partial charge in [-0.05, 0) is 19.9 Å². The lowest BCUT2D eigenvalue weighted by atomic mass is 10.5. The van der Waals surface area contributed by atoms with E-state index in [4.69, 9.17) is 14.2 Å². The second-order valence-electron chi connectivity index (χ2n) is 4.05. The number of rotatable bonds is 6. The zero-order valence-corrected chi connectivity index (χ0v) is 11.2. The minimum absolute atomic E-state index is 0.319. The molecular formula is C12H19N3O4. The summed E-state index contributed by atoms with van der Waals surface area (Å²) in [5.41, 5.74) is -0.357. The van der Waals surface area contributed by atoms with Gasteiger partial charge in [0.15, 0.2) is 12.5 Å². The van der Waals surface area contributed by atoms with Crippen molar-refractivity contribution in [3.8, 4) is 0 Å². The monoisotopic (exact) mass is 269 g/mol. The topological polar surface area (TPSA) is 74.6 Å². The second kappa shape index (κ2) is 6.65. The molecule has 0 spiro atoms. The van der Waals surface area contributed by atoms with Gasteiger partial charge < -0.3 is 19.5 Å². The SMILES string of the molecule is CCNc1ccn([C@@H]2CO[C@H](COCC)O2)c(=O)n1. The Morgan fingerprint density at radius 2 is 2.42 bits per heavy atom. The number of hydrogen-bond acceptors (Lipinski definition) is 6. The van der Waals surface area contributed by atoms with Gasteiger partial charge in [-0.1, -0.05) is 0 Å². The summed E-state index contributed by atoms with van der Waals surface area (Å²) in [5.74, 6) is 0.563. The zero-order valence-electron chi connectivity index (χ0n) is 11.2. The largest absolute Gasteiger partial charge is 0.376 e. The predicted octanol–water partition coefficient (Wildman–Crippen LogP) is 0.583.